The van der Waals surface area contributed by atoms with Crippen LogP contribution in [0.1, 0.15) is 23.2 Å². The van der Waals surface area contributed by atoms with Crippen LogP contribution in [0.25, 0.3) is 16.6 Å². The minimum absolute atomic E-state index is 0.109. The van der Waals surface area contributed by atoms with Gasteiger partial charge in [0.15, 0.2) is 0 Å². The predicted octanol–water partition coefficient (Wildman–Crippen LogP) is 2.81. The van der Waals surface area contributed by atoms with Gasteiger partial charge in [0.05, 0.1) is 42.7 Å². The Morgan fingerprint density at radius 3 is 2.77 bits per heavy atom. The Morgan fingerprint density at radius 1 is 1.23 bits per heavy atom. The second-order valence-corrected chi connectivity index (χ2v) is 8.09. The number of fused-ring (bicyclic) bond motifs is 3. The standard InChI is InChI=1S/C22H25FN4O3/c1-25-15-8-18(9-16(25)14-29-13-15)30-22(28)20-12-27(21-5-3-2-4-19(20)21)17-10-24-26(11-17)7-6-23/h2-5,10-12,15-16,18H,6-9,13-14H2,1H3/t15-,16+,18?. The summed E-state index contributed by atoms with van der Waals surface area (Å²) in [6.07, 6.45) is 6.71. The Labute approximate surface area is 174 Å². The van der Waals surface area contributed by atoms with E-state index < -0.39 is 6.67 Å². The number of halogens is 1. The number of nitrogens with zero attached hydrogens (tertiary/aromatic N) is 4. The van der Waals surface area contributed by atoms with Crippen LogP contribution in [0.15, 0.2) is 42.9 Å². The molecule has 0 aliphatic carbocycles. The highest BCUT2D eigenvalue weighted by Crippen LogP contribution is 2.30. The lowest BCUT2D eigenvalue weighted by Gasteiger charge is -2.46. The second-order valence-electron chi connectivity index (χ2n) is 8.09. The van der Waals surface area contributed by atoms with E-state index in [-0.39, 0.29) is 30.7 Å². The van der Waals surface area contributed by atoms with Gasteiger partial charge in [-0.15, -0.1) is 0 Å². The number of likely N-dealkylation sites (N-methyl/N-ethyl adjacent to an activating group) is 1. The summed E-state index contributed by atoms with van der Waals surface area (Å²) in [6, 6.07) is 8.29. The zero-order valence-corrected chi connectivity index (χ0v) is 16.9. The number of morpholine rings is 1. The third-order valence-electron chi connectivity index (χ3n) is 6.26. The molecule has 1 aromatic carbocycles. The van der Waals surface area contributed by atoms with Crippen LogP contribution in [0, 0.1) is 0 Å². The highest BCUT2D eigenvalue weighted by atomic mass is 19.1. The molecule has 7 nitrogen and oxygen atoms in total. The van der Waals surface area contributed by atoms with Crippen molar-refractivity contribution < 1.29 is 18.7 Å². The maximum atomic E-state index is 13.1. The molecule has 3 aromatic rings. The Bertz CT molecular complexity index is 1050. The molecule has 2 aliphatic heterocycles. The first-order valence-corrected chi connectivity index (χ1v) is 10.3. The third kappa shape index (κ3) is 3.40. The van der Waals surface area contributed by atoms with Crippen LogP contribution in [-0.4, -0.2) is 70.3 Å². The monoisotopic (exact) mass is 412 g/mol. The van der Waals surface area contributed by atoms with Gasteiger partial charge in [-0.3, -0.25) is 9.58 Å². The van der Waals surface area contributed by atoms with E-state index in [9.17, 15) is 9.18 Å². The fourth-order valence-electron chi connectivity index (χ4n) is 4.60. The molecule has 0 spiro atoms. The summed E-state index contributed by atoms with van der Waals surface area (Å²) in [5, 5.41) is 5.03. The zero-order valence-electron chi connectivity index (χ0n) is 16.9. The molecule has 2 bridgehead atoms. The van der Waals surface area contributed by atoms with Crippen molar-refractivity contribution in [3.8, 4) is 5.69 Å². The molecule has 2 saturated heterocycles. The second kappa shape index (κ2) is 7.85. The summed E-state index contributed by atoms with van der Waals surface area (Å²) >= 11 is 0. The number of rotatable bonds is 5. The molecule has 158 valence electrons. The van der Waals surface area contributed by atoms with Crippen molar-refractivity contribution in [3.05, 3.63) is 48.4 Å². The van der Waals surface area contributed by atoms with Gasteiger partial charge in [-0.25, -0.2) is 9.18 Å². The molecule has 2 aromatic heterocycles. The lowest BCUT2D eigenvalue weighted by molar-refractivity contribution is -0.0970. The van der Waals surface area contributed by atoms with Gasteiger partial charge < -0.3 is 14.0 Å². The number of benzene rings is 1. The summed E-state index contributed by atoms with van der Waals surface area (Å²) in [5.41, 5.74) is 2.20. The zero-order chi connectivity index (χ0) is 20.7. The molecule has 1 unspecified atom stereocenters. The van der Waals surface area contributed by atoms with E-state index in [0.717, 1.165) is 29.4 Å². The van der Waals surface area contributed by atoms with E-state index >= 15 is 0 Å². The summed E-state index contributed by atoms with van der Waals surface area (Å²) in [6.45, 7) is 1.09. The van der Waals surface area contributed by atoms with E-state index in [1.54, 1.807) is 23.3 Å². The van der Waals surface area contributed by atoms with Gasteiger partial charge in [-0.05, 0) is 13.1 Å². The molecule has 0 radical (unpaired) electrons. The van der Waals surface area contributed by atoms with Crippen molar-refractivity contribution in [3.63, 3.8) is 0 Å². The van der Waals surface area contributed by atoms with Crippen molar-refractivity contribution in [1.82, 2.24) is 19.2 Å². The first-order chi connectivity index (χ1) is 14.6. The third-order valence-corrected chi connectivity index (χ3v) is 6.26. The first-order valence-electron chi connectivity index (χ1n) is 10.3. The van der Waals surface area contributed by atoms with E-state index in [1.165, 1.54) is 0 Å². The number of esters is 1. The van der Waals surface area contributed by atoms with Crippen molar-refractivity contribution in [2.75, 3.05) is 26.9 Å². The number of hydrogen-bond acceptors (Lipinski definition) is 5. The summed E-state index contributed by atoms with van der Waals surface area (Å²) < 4.78 is 27.7. The van der Waals surface area contributed by atoms with Crippen LogP contribution >= 0.6 is 0 Å². The number of carbonyl (C=O) groups is 1. The number of carbonyl (C=O) groups excluding carboxylic acids is 1. The Kier molecular flexibility index (Phi) is 5.04. The highest BCUT2D eigenvalue weighted by Gasteiger charge is 2.38. The van der Waals surface area contributed by atoms with Crippen molar-refractivity contribution >= 4 is 16.9 Å². The average molecular weight is 412 g/mol. The van der Waals surface area contributed by atoms with E-state index in [1.807, 2.05) is 28.8 Å². The maximum Gasteiger partial charge on any atom is 0.340 e. The van der Waals surface area contributed by atoms with Crippen LogP contribution in [0.3, 0.4) is 0 Å². The number of para-hydroxylation sites is 1. The molecule has 4 heterocycles. The van der Waals surface area contributed by atoms with Crippen LogP contribution in [-0.2, 0) is 16.0 Å². The normalized spacial score (nSPS) is 24.3. The number of aryl methyl sites for hydroxylation is 1. The molecular weight excluding hydrogens is 387 g/mol. The lowest BCUT2D eigenvalue weighted by atomic mass is 9.92. The topological polar surface area (TPSA) is 61.5 Å². The lowest BCUT2D eigenvalue weighted by Crippen LogP contribution is -2.56. The Morgan fingerprint density at radius 2 is 2.00 bits per heavy atom. The van der Waals surface area contributed by atoms with Gasteiger partial charge in [0.2, 0.25) is 0 Å². The number of alkyl halides is 1. The molecule has 3 atom stereocenters. The maximum absolute atomic E-state index is 13.1. The number of aromatic nitrogens is 3. The quantitative estimate of drug-likeness (QED) is 0.603. The van der Waals surface area contributed by atoms with Gasteiger partial charge >= 0.3 is 5.97 Å². The van der Waals surface area contributed by atoms with Gasteiger partial charge in [0.1, 0.15) is 12.8 Å². The van der Waals surface area contributed by atoms with Gasteiger partial charge in [0, 0.05) is 42.7 Å². The summed E-state index contributed by atoms with van der Waals surface area (Å²) in [4.78, 5) is 15.5. The van der Waals surface area contributed by atoms with Crippen LogP contribution in [0.4, 0.5) is 4.39 Å². The van der Waals surface area contributed by atoms with Gasteiger partial charge in [-0.1, -0.05) is 18.2 Å². The first kappa shape index (κ1) is 19.3. The Balaban J connectivity index is 1.42. The van der Waals surface area contributed by atoms with E-state index in [4.69, 9.17) is 9.47 Å². The fraction of sp³-hybridized carbons (Fsp3) is 0.455. The van der Waals surface area contributed by atoms with Gasteiger partial charge in [0.25, 0.3) is 0 Å². The SMILES string of the molecule is CN1[C@@H]2COC[C@H]1CC(OC(=O)c1cn(-c3cnn(CCF)c3)c3ccccc13)C2. The predicted molar refractivity (Wildman–Crippen MR) is 110 cm³/mol. The molecule has 0 amide bonds. The van der Waals surface area contributed by atoms with Crippen LogP contribution in [0.2, 0.25) is 0 Å². The molecule has 30 heavy (non-hydrogen) atoms. The van der Waals surface area contributed by atoms with Gasteiger partial charge in [-0.2, -0.15) is 5.10 Å². The summed E-state index contributed by atoms with van der Waals surface area (Å²) in [5.74, 6) is -0.311. The minimum Gasteiger partial charge on any atom is -0.459 e. The van der Waals surface area contributed by atoms with E-state index in [0.29, 0.717) is 18.8 Å². The fourth-order valence-corrected chi connectivity index (χ4v) is 4.60. The molecule has 0 saturated carbocycles. The largest absolute Gasteiger partial charge is 0.459 e. The molecule has 2 aliphatic rings. The van der Waals surface area contributed by atoms with Crippen LogP contribution < -0.4 is 0 Å². The smallest absolute Gasteiger partial charge is 0.340 e. The number of hydrogen-bond donors (Lipinski definition) is 0. The molecule has 5 rings (SSSR count). The number of piperidine rings is 1. The molecule has 2 fully saturated rings. The average Bonchev–Trinajstić information content (AvgIpc) is 3.34. The van der Waals surface area contributed by atoms with Crippen molar-refractivity contribution in [2.45, 2.75) is 37.6 Å². The molecular formula is C22H25FN4O3. The molecule has 0 N–H and O–H groups in total. The minimum atomic E-state index is -0.477. The van der Waals surface area contributed by atoms with E-state index in [2.05, 4.69) is 17.0 Å². The highest BCUT2D eigenvalue weighted by molar-refractivity contribution is 6.05. The number of ether oxygens (including phenoxy) is 2. The van der Waals surface area contributed by atoms with Crippen molar-refractivity contribution in [2.24, 2.45) is 0 Å². The molecule has 8 heteroatoms. The van der Waals surface area contributed by atoms with Crippen LogP contribution in [0.5, 0.6) is 0 Å². The van der Waals surface area contributed by atoms with Crippen molar-refractivity contribution in [1.29, 1.82) is 0 Å². The summed E-state index contributed by atoms with van der Waals surface area (Å²) in [7, 11) is 2.12. The Hall–Kier alpha value is -2.71.